The fourth-order valence-corrected chi connectivity index (χ4v) is 1.60. The molecule has 0 bridgehead atoms. The third-order valence-corrected chi connectivity index (χ3v) is 2.60. The van der Waals surface area contributed by atoms with Gasteiger partial charge in [0.25, 0.3) is 0 Å². The molecule has 0 spiro atoms. The Morgan fingerprint density at radius 2 is 1.81 bits per heavy atom. The first kappa shape index (κ1) is 11.2. The molecule has 0 aliphatic carbocycles. The predicted molar refractivity (Wildman–Crippen MR) is 64.0 cm³/mol. The Balaban J connectivity index is 2.45. The average Bonchev–Trinajstić information content (AvgIpc) is 2.32. The van der Waals surface area contributed by atoms with Crippen molar-refractivity contribution in [3.8, 4) is 17.1 Å². The molecular weight excluding hydrogens is 247 g/mol. The van der Waals surface area contributed by atoms with E-state index in [1.165, 1.54) is 0 Å². The standard InChI is InChI=1S/C11H8Cl2N2O/c1-16-8-5-14-11(15-6-8)9-4-7(12)2-3-10(9)13/h2-6H,1H3. The van der Waals surface area contributed by atoms with Gasteiger partial charge in [-0.05, 0) is 18.2 Å². The zero-order valence-electron chi connectivity index (χ0n) is 8.45. The van der Waals surface area contributed by atoms with Gasteiger partial charge in [-0.15, -0.1) is 0 Å². The van der Waals surface area contributed by atoms with Crippen LogP contribution in [-0.4, -0.2) is 17.1 Å². The Hall–Kier alpha value is -1.32. The second kappa shape index (κ2) is 4.68. The van der Waals surface area contributed by atoms with E-state index in [9.17, 15) is 0 Å². The number of halogens is 2. The molecule has 0 saturated heterocycles. The third kappa shape index (κ3) is 2.26. The minimum Gasteiger partial charge on any atom is -0.494 e. The van der Waals surface area contributed by atoms with Gasteiger partial charge in [0, 0.05) is 10.6 Å². The number of hydrogen-bond acceptors (Lipinski definition) is 3. The molecule has 3 nitrogen and oxygen atoms in total. The van der Waals surface area contributed by atoms with Crippen LogP contribution < -0.4 is 4.74 Å². The summed E-state index contributed by atoms with van der Waals surface area (Å²) in [5.74, 6) is 1.12. The summed E-state index contributed by atoms with van der Waals surface area (Å²) in [6.45, 7) is 0. The molecule has 0 fully saturated rings. The van der Waals surface area contributed by atoms with E-state index >= 15 is 0 Å². The smallest absolute Gasteiger partial charge is 0.160 e. The Bertz CT molecular complexity index is 500. The molecule has 0 aliphatic rings. The highest BCUT2D eigenvalue weighted by atomic mass is 35.5. The molecule has 1 aromatic carbocycles. The fraction of sp³-hybridized carbons (Fsp3) is 0.0909. The molecule has 0 atom stereocenters. The lowest BCUT2D eigenvalue weighted by Gasteiger charge is -2.04. The second-order valence-corrected chi connectivity index (χ2v) is 3.91. The quantitative estimate of drug-likeness (QED) is 0.824. The third-order valence-electron chi connectivity index (χ3n) is 2.03. The summed E-state index contributed by atoms with van der Waals surface area (Å²) < 4.78 is 4.97. The first-order valence-electron chi connectivity index (χ1n) is 4.52. The van der Waals surface area contributed by atoms with Gasteiger partial charge in [0.05, 0.1) is 24.5 Å². The summed E-state index contributed by atoms with van der Waals surface area (Å²) in [6.07, 6.45) is 3.17. The van der Waals surface area contributed by atoms with Gasteiger partial charge in [0.15, 0.2) is 11.6 Å². The number of hydrogen-bond donors (Lipinski definition) is 0. The molecule has 82 valence electrons. The molecular formula is C11H8Cl2N2O. The lowest BCUT2D eigenvalue weighted by molar-refractivity contribution is 0.411. The molecule has 1 aromatic heterocycles. The van der Waals surface area contributed by atoms with Gasteiger partial charge in [0.1, 0.15) is 0 Å². The monoisotopic (exact) mass is 254 g/mol. The van der Waals surface area contributed by atoms with Crippen molar-refractivity contribution in [3.63, 3.8) is 0 Å². The first-order chi connectivity index (χ1) is 7.70. The van der Waals surface area contributed by atoms with Gasteiger partial charge in [-0.2, -0.15) is 0 Å². The summed E-state index contributed by atoms with van der Waals surface area (Å²) in [7, 11) is 1.56. The number of rotatable bonds is 2. The van der Waals surface area contributed by atoms with Crippen molar-refractivity contribution >= 4 is 23.2 Å². The van der Waals surface area contributed by atoms with E-state index in [1.54, 1.807) is 37.7 Å². The molecule has 0 amide bonds. The molecule has 0 N–H and O–H groups in total. The van der Waals surface area contributed by atoms with Gasteiger partial charge in [-0.3, -0.25) is 0 Å². The maximum atomic E-state index is 6.03. The van der Waals surface area contributed by atoms with Gasteiger partial charge in [0.2, 0.25) is 0 Å². The van der Waals surface area contributed by atoms with Gasteiger partial charge in [-0.1, -0.05) is 23.2 Å². The van der Waals surface area contributed by atoms with Crippen LogP contribution in [0.25, 0.3) is 11.4 Å². The van der Waals surface area contributed by atoms with E-state index in [2.05, 4.69) is 9.97 Å². The van der Waals surface area contributed by atoms with Gasteiger partial charge >= 0.3 is 0 Å². The van der Waals surface area contributed by atoms with Gasteiger partial charge < -0.3 is 4.74 Å². The van der Waals surface area contributed by atoms with Crippen LogP contribution in [0.4, 0.5) is 0 Å². The molecule has 0 unspecified atom stereocenters. The molecule has 16 heavy (non-hydrogen) atoms. The van der Waals surface area contributed by atoms with Crippen molar-refractivity contribution in [3.05, 3.63) is 40.6 Å². The Morgan fingerprint density at radius 3 is 2.44 bits per heavy atom. The maximum absolute atomic E-state index is 6.03. The molecule has 1 heterocycles. The van der Waals surface area contributed by atoms with Crippen molar-refractivity contribution in [2.24, 2.45) is 0 Å². The zero-order chi connectivity index (χ0) is 11.5. The molecule has 0 aliphatic heterocycles. The van der Waals surface area contributed by atoms with E-state index < -0.39 is 0 Å². The average molecular weight is 255 g/mol. The predicted octanol–water partition coefficient (Wildman–Crippen LogP) is 3.46. The fourth-order valence-electron chi connectivity index (χ4n) is 1.23. The summed E-state index contributed by atoms with van der Waals surface area (Å²) >= 11 is 11.9. The lowest BCUT2D eigenvalue weighted by Crippen LogP contribution is -1.91. The zero-order valence-corrected chi connectivity index (χ0v) is 9.96. The number of nitrogens with zero attached hydrogens (tertiary/aromatic N) is 2. The normalized spacial score (nSPS) is 10.2. The SMILES string of the molecule is COc1cnc(-c2cc(Cl)ccc2Cl)nc1. The number of methoxy groups -OCH3 is 1. The molecule has 5 heteroatoms. The Morgan fingerprint density at radius 1 is 1.12 bits per heavy atom. The van der Waals surface area contributed by atoms with Crippen molar-refractivity contribution in [1.82, 2.24) is 9.97 Å². The molecule has 0 saturated carbocycles. The highest BCUT2D eigenvalue weighted by Crippen LogP contribution is 2.28. The topological polar surface area (TPSA) is 35.0 Å². The van der Waals surface area contributed by atoms with Crippen molar-refractivity contribution < 1.29 is 4.74 Å². The van der Waals surface area contributed by atoms with Gasteiger partial charge in [-0.25, -0.2) is 9.97 Å². The van der Waals surface area contributed by atoms with E-state index in [0.717, 1.165) is 0 Å². The van der Waals surface area contributed by atoms with E-state index in [4.69, 9.17) is 27.9 Å². The maximum Gasteiger partial charge on any atom is 0.160 e. The largest absolute Gasteiger partial charge is 0.494 e. The van der Waals surface area contributed by atoms with E-state index in [1.807, 2.05) is 0 Å². The van der Waals surface area contributed by atoms with Crippen LogP contribution >= 0.6 is 23.2 Å². The summed E-state index contributed by atoms with van der Waals surface area (Å²) in [4.78, 5) is 8.29. The van der Waals surface area contributed by atoms with E-state index in [0.29, 0.717) is 27.2 Å². The lowest BCUT2D eigenvalue weighted by atomic mass is 10.2. The van der Waals surface area contributed by atoms with Crippen LogP contribution in [0.5, 0.6) is 5.75 Å². The van der Waals surface area contributed by atoms with Crippen LogP contribution in [0.15, 0.2) is 30.6 Å². The van der Waals surface area contributed by atoms with Crippen LogP contribution in [0, 0.1) is 0 Å². The summed E-state index contributed by atoms with van der Waals surface area (Å²) in [6, 6.07) is 5.16. The molecule has 2 rings (SSSR count). The summed E-state index contributed by atoms with van der Waals surface area (Å²) in [5, 5.41) is 1.16. The van der Waals surface area contributed by atoms with Crippen LogP contribution in [0.3, 0.4) is 0 Å². The highest BCUT2D eigenvalue weighted by Gasteiger charge is 2.07. The summed E-state index contributed by atoms with van der Waals surface area (Å²) in [5.41, 5.74) is 0.705. The van der Waals surface area contributed by atoms with Crippen LogP contribution in [0.1, 0.15) is 0 Å². The van der Waals surface area contributed by atoms with Crippen LogP contribution in [-0.2, 0) is 0 Å². The van der Waals surface area contributed by atoms with Crippen molar-refractivity contribution in [2.45, 2.75) is 0 Å². The number of aromatic nitrogens is 2. The van der Waals surface area contributed by atoms with Crippen LogP contribution in [0.2, 0.25) is 10.0 Å². The Kier molecular flexibility index (Phi) is 3.27. The van der Waals surface area contributed by atoms with E-state index in [-0.39, 0.29) is 0 Å². The Labute approximate surface area is 103 Å². The van der Waals surface area contributed by atoms with Crippen molar-refractivity contribution in [1.29, 1.82) is 0 Å². The second-order valence-electron chi connectivity index (χ2n) is 3.07. The van der Waals surface area contributed by atoms with Crippen molar-refractivity contribution in [2.75, 3.05) is 7.11 Å². The minimum absolute atomic E-state index is 0.522. The molecule has 2 aromatic rings. The minimum atomic E-state index is 0.522. The number of ether oxygens (including phenoxy) is 1. The molecule has 0 radical (unpaired) electrons. The number of benzene rings is 1. The highest BCUT2D eigenvalue weighted by molar-refractivity contribution is 6.35. The first-order valence-corrected chi connectivity index (χ1v) is 5.28.